The Bertz CT molecular complexity index is 783. The highest BCUT2D eigenvalue weighted by atomic mass is 79.9. The summed E-state index contributed by atoms with van der Waals surface area (Å²) in [6, 6.07) is 9.31. The van der Waals surface area contributed by atoms with E-state index >= 15 is 0 Å². The number of benzene rings is 2. The third-order valence-corrected chi connectivity index (χ3v) is 4.13. The smallest absolute Gasteiger partial charge is 0.140 e. The molecule has 0 aliphatic rings. The Morgan fingerprint density at radius 1 is 1.16 bits per heavy atom. The summed E-state index contributed by atoms with van der Waals surface area (Å²) < 4.78 is 1.90. The van der Waals surface area contributed by atoms with Gasteiger partial charge in [0.25, 0.3) is 0 Å². The lowest BCUT2D eigenvalue weighted by atomic mass is 10.2. The Hall–Kier alpha value is -1.04. The molecule has 0 unspecified atom stereocenters. The molecule has 19 heavy (non-hydrogen) atoms. The van der Waals surface area contributed by atoms with Crippen molar-refractivity contribution in [3.63, 3.8) is 0 Å². The minimum Gasteiger partial charge on any atom is -0.399 e. The molecule has 96 valence electrons. The summed E-state index contributed by atoms with van der Waals surface area (Å²) in [5.41, 5.74) is 8.96. The van der Waals surface area contributed by atoms with E-state index in [9.17, 15) is 0 Å². The maximum Gasteiger partial charge on any atom is 0.140 e. The van der Waals surface area contributed by atoms with Gasteiger partial charge in [0, 0.05) is 20.2 Å². The number of imidazole rings is 1. The van der Waals surface area contributed by atoms with Crippen molar-refractivity contribution in [1.82, 2.24) is 9.97 Å². The lowest BCUT2D eigenvalue weighted by Gasteiger charge is -2.01. The summed E-state index contributed by atoms with van der Waals surface area (Å²) in [7, 11) is 0. The largest absolute Gasteiger partial charge is 0.399 e. The quantitative estimate of drug-likeness (QED) is 0.565. The van der Waals surface area contributed by atoms with Crippen LogP contribution in [0.15, 0.2) is 39.3 Å². The number of nitrogens with one attached hydrogen (secondary N) is 1. The van der Waals surface area contributed by atoms with E-state index < -0.39 is 0 Å². The molecule has 1 aromatic heterocycles. The van der Waals surface area contributed by atoms with Crippen LogP contribution in [0.5, 0.6) is 0 Å². The first kappa shape index (κ1) is 13.0. The molecule has 3 nitrogen and oxygen atoms in total. The molecule has 0 amide bonds. The van der Waals surface area contributed by atoms with Gasteiger partial charge in [0.05, 0.1) is 10.5 Å². The molecule has 3 N–H and O–H groups in total. The van der Waals surface area contributed by atoms with E-state index in [-0.39, 0.29) is 0 Å². The Balaban J connectivity index is 2.23. The number of fused-ring (bicyclic) bond motifs is 1. The number of nitrogen functional groups attached to an aromatic ring is 1. The van der Waals surface area contributed by atoms with Crippen LogP contribution in [0.2, 0.25) is 5.02 Å². The molecule has 0 aliphatic carbocycles. The minimum absolute atomic E-state index is 0.578. The second-order valence-corrected chi connectivity index (χ2v) is 6.29. The molecule has 0 aliphatic heterocycles. The van der Waals surface area contributed by atoms with Gasteiger partial charge in [-0.15, -0.1) is 0 Å². The second kappa shape index (κ2) is 4.81. The second-order valence-electron chi connectivity index (χ2n) is 4.11. The number of hydrogen-bond acceptors (Lipinski definition) is 2. The van der Waals surface area contributed by atoms with E-state index in [2.05, 4.69) is 41.8 Å². The number of halogens is 3. The van der Waals surface area contributed by atoms with Gasteiger partial charge >= 0.3 is 0 Å². The first-order chi connectivity index (χ1) is 9.04. The van der Waals surface area contributed by atoms with Crippen LogP contribution in [0.4, 0.5) is 5.69 Å². The van der Waals surface area contributed by atoms with Crippen LogP contribution < -0.4 is 5.73 Å². The standard InChI is InChI=1S/C13H8Br2ClN3/c14-6-3-9(15)12-11(4-6)18-13(19-12)8-2-1-7(17)5-10(8)16/h1-5H,17H2,(H,18,19). The maximum atomic E-state index is 6.20. The Labute approximate surface area is 131 Å². The van der Waals surface area contributed by atoms with Crippen LogP contribution in [0.25, 0.3) is 22.4 Å². The summed E-state index contributed by atoms with van der Waals surface area (Å²) in [5, 5.41) is 0.578. The van der Waals surface area contributed by atoms with Gasteiger partial charge in [-0.25, -0.2) is 4.98 Å². The molecule has 2 aromatic carbocycles. The topological polar surface area (TPSA) is 54.7 Å². The average Bonchev–Trinajstić information content (AvgIpc) is 2.72. The van der Waals surface area contributed by atoms with Crippen LogP contribution in [0, 0.1) is 0 Å². The van der Waals surface area contributed by atoms with E-state index in [1.165, 1.54) is 0 Å². The van der Waals surface area contributed by atoms with Crippen molar-refractivity contribution in [1.29, 1.82) is 0 Å². The molecule has 1 heterocycles. The molecule has 0 spiro atoms. The third-order valence-electron chi connectivity index (χ3n) is 2.75. The number of hydrogen-bond donors (Lipinski definition) is 2. The Morgan fingerprint density at radius 2 is 1.95 bits per heavy atom. The highest BCUT2D eigenvalue weighted by molar-refractivity contribution is 9.11. The van der Waals surface area contributed by atoms with Crippen LogP contribution in [-0.4, -0.2) is 9.97 Å². The molecular weight excluding hydrogens is 393 g/mol. The summed E-state index contributed by atoms with van der Waals surface area (Å²) >= 11 is 13.2. The van der Waals surface area contributed by atoms with E-state index in [0.29, 0.717) is 10.7 Å². The van der Waals surface area contributed by atoms with Gasteiger partial charge in [-0.2, -0.15) is 0 Å². The normalized spacial score (nSPS) is 11.1. The average molecular weight is 401 g/mol. The van der Waals surface area contributed by atoms with Crippen molar-refractivity contribution in [2.24, 2.45) is 0 Å². The third kappa shape index (κ3) is 2.38. The van der Waals surface area contributed by atoms with Crippen LogP contribution >= 0.6 is 43.5 Å². The number of H-pyrrole nitrogens is 1. The first-order valence-electron chi connectivity index (χ1n) is 5.45. The van der Waals surface area contributed by atoms with Gasteiger partial charge in [-0.3, -0.25) is 0 Å². The van der Waals surface area contributed by atoms with E-state index in [4.69, 9.17) is 17.3 Å². The predicted octanol–water partition coefficient (Wildman–Crippen LogP) is 4.99. The highest BCUT2D eigenvalue weighted by Gasteiger charge is 2.11. The van der Waals surface area contributed by atoms with Crippen LogP contribution in [-0.2, 0) is 0 Å². The monoisotopic (exact) mass is 399 g/mol. The fraction of sp³-hybridized carbons (Fsp3) is 0. The molecule has 3 aromatic rings. The number of aromatic amines is 1. The molecule has 0 bridgehead atoms. The van der Waals surface area contributed by atoms with Gasteiger partial charge < -0.3 is 10.7 Å². The van der Waals surface area contributed by atoms with Gasteiger partial charge in [0.2, 0.25) is 0 Å². The van der Waals surface area contributed by atoms with E-state index in [0.717, 1.165) is 31.4 Å². The number of nitrogens with two attached hydrogens (primary N) is 1. The zero-order valence-corrected chi connectivity index (χ0v) is 13.5. The molecule has 0 saturated carbocycles. The number of aromatic nitrogens is 2. The molecule has 6 heteroatoms. The lowest BCUT2D eigenvalue weighted by Crippen LogP contribution is -1.87. The fourth-order valence-electron chi connectivity index (χ4n) is 1.89. The summed E-state index contributed by atoms with van der Waals surface area (Å²) in [6.45, 7) is 0. The highest BCUT2D eigenvalue weighted by Crippen LogP contribution is 2.32. The minimum atomic E-state index is 0.578. The SMILES string of the molecule is Nc1ccc(-c2nc3c(Br)cc(Br)cc3[nH]2)c(Cl)c1. The lowest BCUT2D eigenvalue weighted by molar-refractivity contribution is 1.33. The van der Waals surface area contributed by atoms with Crippen molar-refractivity contribution >= 4 is 60.2 Å². The Morgan fingerprint density at radius 3 is 2.68 bits per heavy atom. The molecule has 0 atom stereocenters. The summed E-state index contributed by atoms with van der Waals surface area (Å²) in [6.07, 6.45) is 0. The van der Waals surface area contributed by atoms with Gasteiger partial charge in [-0.1, -0.05) is 27.5 Å². The first-order valence-corrected chi connectivity index (χ1v) is 7.41. The van der Waals surface area contributed by atoms with Gasteiger partial charge in [0.15, 0.2) is 0 Å². The zero-order valence-electron chi connectivity index (χ0n) is 9.55. The molecule has 0 radical (unpaired) electrons. The van der Waals surface area contributed by atoms with Crippen molar-refractivity contribution in [2.75, 3.05) is 5.73 Å². The summed E-state index contributed by atoms with van der Waals surface area (Å²) in [4.78, 5) is 7.82. The number of anilines is 1. The number of nitrogens with zero attached hydrogens (tertiary/aromatic N) is 1. The zero-order chi connectivity index (χ0) is 13.6. The maximum absolute atomic E-state index is 6.20. The van der Waals surface area contributed by atoms with Crippen LogP contribution in [0.1, 0.15) is 0 Å². The molecule has 0 saturated heterocycles. The molecular formula is C13H8Br2ClN3. The van der Waals surface area contributed by atoms with Crippen molar-refractivity contribution in [2.45, 2.75) is 0 Å². The van der Waals surface area contributed by atoms with E-state index in [1.54, 1.807) is 12.1 Å². The van der Waals surface area contributed by atoms with Crippen molar-refractivity contribution < 1.29 is 0 Å². The molecule has 3 rings (SSSR count). The molecule has 0 fully saturated rings. The predicted molar refractivity (Wildman–Crippen MR) is 86.4 cm³/mol. The van der Waals surface area contributed by atoms with E-state index in [1.807, 2.05) is 18.2 Å². The number of rotatable bonds is 1. The van der Waals surface area contributed by atoms with Gasteiger partial charge in [-0.05, 0) is 46.3 Å². The van der Waals surface area contributed by atoms with Crippen molar-refractivity contribution in [3.05, 3.63) is 44.3 Å². The Kier molecular flexibility index (Phi) is 3.28. The summed E-state index contributed by atoms with van der Waals surface area (Å²) in [5.74, 6) is 0.721. The van der Waals surface area contributed by atoms with Crippen molar-refractivity contribution in [3.8, 4) is 11.4 Å². The van der Waals surface area contributed by atoms with Gasteiger partial charge in [0.1, 0.15) is 11.3 Å². The fourth-order valence-corrected chi connectivity index (χ4v) is 3.49. The van der Waals surface area contributed by atoms with Crippen LogP contribution in [0.3, 0.4) is 0 Å².